The van der Waals surface area contributed by atoms with Crippen molar-refractivity contribution in [3.63, 3.8) is 0 Å². The van der Waals surface area contributed by atoms with Crippen LogP contribution in [0.15, 0.2) is 52.9 Å². The molecule has 1 aromatic heterocycles. The number of nitrogens with zero attached hydrogens (tertiary/aromatic N) is 3. The van der Waals surface area contributed by atoms with E-state index in [1.165, 1.54) is 13.2 Å². The second-order valence-corrected chi connectivity index (χ2v) is 5.87. The van der Waals surface area contributed by atoms with E-state index in [0.29, 0.717) is 18.3 Å². The summed E-state index contributed by atoms with van der Waals surface area (Å²) in [4.78, 5) is 2.02. The molecule has 2 aromatic carbocycles. The van der Waals surface area contributed by atoms with E-state index in [0.717, 1.165) is 11.1 Å². The van der Waals surface area contributed by atoms with Gasteiger partial charge in [0, 0.05) is 12.1 Å². The van der Waals surface area contributed by atoms with Gasteiger partial charge in [-0.2, -0.15) is 0 Å². The van der Waals surface area contributed by atoms with Crippen LogP contribution in [0.1, 0.15) is 24.4 Å². The van der Waals surface area contributed by atoms with Gasteiger partial charge in [-0.3, -0.25) is 4.90 Å². The first-order valence-electron chi connectivity index (χ1n) is 8.00. The van der Waals surface area contributed by atoms with Crippen molar-refractivity contribution in [3.8, 4) is 17.2 Å². The van der Waals surface area contributed by atoms with E-state index in [9.17, 15) is 4.39 Å². The standard InChI is InChI=1S/C19H20FN3O2/c1-13(18-21-22-19(25-18)15-7-5-4-6-8-15)23(2)12-14-9-10-17(24-3)16(20)11-14/h4-11,13H,12H2,1-3H3/t13-/m1/s1. The number of rotatable bonds is 6. The Kier molecular flexibility index (Phi) is 5.09. The van der Waals surface area contributed by atoms with Crippen LogP contribution in [0.25, 0.3) is 11.5 Å². The number of aromatic nitrogens is 2. The van der Waals surface area contributed by atoms with Gasteiger partial charge in [0.2, 0.25) is 11.8 Å². The lowest BCUT2D eigenvalue weighted by Gasteiger charge is -2.21. The van der Waals surface area contributed by atoms with Gasteiger partial charge in [0.15, 0.2) is 11.6 Å². The topological polar surface area (TPSA) is 51.4 Å². The molecule has 0 amide bonds. The Morgan fingerprint density at radius 1 is 1.16 bits per heavy atom. The second-order valence-electron chi connectivity index (χ2n) is 5.87. The minimum Gasteiger partial charge on any atom is -0.494 e. The Balaban J connectivity index is 1.71. The summed E-state index contributed by atoms with van der Waals surface area (Å²) in [6.07, 6.45) is 0. The van der Waals surface area contributed by atoms with Crippen LogP contribution in [-0.4, -0.2) is 29.3 Å². The molecule has 0 saturated heterocycles. The highest BCUT2D eigenvalue weighted by Gasteiger charge is 2.19. The van der Waals surface area contributed by atoms with Crippen molar-refractivity contribution in [1.29, 1.82) is 0 Å². The van der Waals surface area contributed by atoms with Crippen LogP contribution < -0.4 is 4.74 Å². The first-order chi connectivity index (χ1) is 12.1. The normalized spacial score (nSPS) is 12.4. The van der Waals surface area contributed by atoms with Crippen molar-refractivity contribution in [2.45, 2.75) is 19.5 Å². The summed E-state index contributed by atoms with van der Waals surface area (Å²) >= 11 is 0. The Morgan fingerprint density at radius 3 is 2.60 bits per heavy atom. The molecule has 3 aromatic rings. The van der Waals surface area contributed by atoms with Crippen molar-refractivity contribution in [2.75, 3.05) is 14.2 Å². The van der Waals surface area contributed by atoms with Gasteiger partial charge >= 0.3 is 0 Å². The number of ether oxygens (including phenoxy) is 1. The molecular weight excluding hydrogens is 321 g/mol. The van der Waals surface area contributed by atoms with Crippen LogP contribution in [0.5, 0.6) is 5.75 Å². The van der Waals surface area contributed by atoms with E-state index in [-0.39, 0.29) is 17.6 Å². The second kappa shape index (κ2) is 7.44. The van der Waals surface area contributed by atoms with Crippen molar-refractivity contribution in [1.82, 2.24) is 15.1 Å². The predicted molar refractivity (Wildman–Crippen MR) is 92.6 cm³/mol. The van der Waals surface area contributed by atoms with Crippen LogP contribution in [-0.2, 0) is 6.54 Å². The molecule has 1 heterocycles. The maximum absolute atomic E-state index is 13.8. The summed E-state index contributed by atoms with van der Waals surface area (Å²) < 4.78 is 24.6. The fraction of sp³-hybridized carbons (Fsp3) is 0.263. The fourth-order valence-electron chi connectivity index (χ4n) is 2.52. The highest BCUT2D eigenvalue weighted by atomic mass is 19.1. The third kappa shape index (κ3) is 3.85. The van der Waals surface area contributed by atoms with Gasteiger partial charge in [-0.1, -0.05) is 24.3 Å². The monoisotopic (exact) mass is 341 g/mol. The Morgan fingerprint density at radius 2 is 1.92 bits per heavy atom. The van der Waals surface area contributed by atoms with Crippen LogP contribution >= 0.6 is 0 Å². The van der Waals surface area contributed by atoms with Gasteiger partial charge in [0.05, 0.1) is 13.2 Å². The van der Waals surface area contributed by atoms with E-state index in [1.54, 1.807) is 6.07 Å². The molecule has 6 heteroatoms. The molecule has 0 aliphatic rings. The lowest BCUT2D eigenvalue weighted by Crippen LogP contribution is -2.22. The minimum atomic E-state index is -0.370. The zero-order valence-electron chi connectivity index (χ0n) is 14.4. The molecule has 5 nitrogen and oxygen atoms in total. The zero-order valence-corrected chi connectivity index (χ0v) is 14.4. The first-order valence-corrected chi connectivity index (χ1v) is 8.00. The molecule has 0 aliphatic carbocycles. The number of methoxy groups -OCH3 is 1. The molecule has 130 valence electrons. The first kappa shape index (κ1) is 17.1. The van der Waals surface area contributed by atoms with E-state index >= 15 is 0 Å². The molecule has 3 rings (SSSR count). The van der Waals surface area contributed by atoms with Gasteiger partial charge in [-0.25, -0.2) is 4.39 Å². The van der Waals surface area contributed by atoms with Gasteiger partial charge < -0.3 is 9.15 Å². The molecule has 1 atom stereocenters. The number of benzene rings is 2. The maximum atomic E-state index is 13.8. The fourth-order valence-corrected chi connectivity index (χ4v) is 2.52. The summed E-state index contributed by atoms with van der Waals surface area (Å²) in [7, 11) is 3.38. The Labute approximate surface area is 146 Å². The van der Waals surface area contributed by atoms with Gasteiger partial charge in [0.25, 0.3) is 0 Å². The average molecular weight is 341 g/mol. The lowest BCUT2D eigenvalue weighted by molar-refractivity contribution is 0.217. The SMILES string of the molecule is COc1ccc(CN(C)[C@H](C)c2nnc(-c3ccccc3)o2)cc1F. The quantitative estimate of drug-likeness (QED) is 0.676. The number of halogens is 1. The van der Waals surface area contributed by atoms with Crippen LogP contribution in [0.3, 0.4) is 0 Å². The van der Waals surface area contributed by atoms with Crippen LogP contribution in [0, 0.1) is 5.82 Å². The summed E-state index contributed by atoms with van der Waals surface area (Å²) in [5, 5.41) is 8.26. The molecule has 0 saturated carbocycles. The zero-order chi connectivity index (χ0) is 17.8. The number of hydrogen-bond donors (Lipinski definition) is 0. The average Bonchev–Trinajstić information content (AvgIpc) is 3.12. The molecule has 0 aliphatic heterocycles. The molecule has 0 radical (unpaired) electrons. The van der Waals surface area contributed by atoms with E-state index in [2.05, 4.69) is 10.2 Å². The highest BCUT2D eigenvalue weighted by molar-refractivity contribution is 5.51. The van der Waals surface area contributed by atoms with E-state index in [1.807, 2.05) is 55.3 Å². The lowest BCUT2D eigenvalue weighted by atomic mass is 10.1. The van der Waals surface area contributed by atoms with E-state index < -0.39 is 0 Å². The molecule has 0 fully saturated rings. The van der Waals surface area contributed by atoms with Crippen molar-refractivity contribution < 1.29 is 13.5 Å². The van der Waals surface area contributed by atoms with Crippen LogP contribution in [0.2, 0.25) is 0 Å². The predicted octanol–water partition coefficient (Wildman–Crippen LogP) is 4.08. The highest BCUT2D eigenvalue weighted by Crippen LogP contribution is 2.25. The molecule has 0 N–H and O–H groups in total. The molecule has 0 unspecified atom stereocenters. The Hall–Kier alpha value is -2.73. The Bertz CT molecular complexity index is 836. The minimum absolute atomic E-state index is 0.102. The van der Waals surface area contributed by atoms with Gasteiger partial charge in [0.1, 0.15) is 0 Å². The summed E-state index contributed by atoms with van der Waals surface area (Å²) in [5.41, 5.74) is 1.73. The molecular formula is C19H20FN3O2. The van der Waals surface area contributed by atoms with Crippen molar-refractivity contribution in [3.05, 3.63) is 65.8 Å². The molecule has 25 heavy (non-hydrogen) atoms. The van der Waals surface area contributed by atoms with Crippen molar-refractivity contribution in [2.24, 2.45) is 0 Å². The van der Waals surface area contributed by atoms with Gasteiger partial charge in [-0.15, -0.1) is 10.2 Å². The third-order valence-corrected chi connectivity index (χ3v) is 4.13. The summed E-state index contributed by atoms with van der Waals surface area (Å²) in [6, 6.07) is 14.5. The smallest absolute Gasteiger partial charge is 0.247 e. The maximum Gasteiger partial charge on any atom is 0.247 e. The molecule has 0 bridgehead atoms. The summed E-state index contributed by atoms with van der Waals surface area (Å²) in [6.45, 7) is 2.52. The van der Waals surface area contributed by atoms with Crippen molar-refractivity contribution >= 4 is 0 Å². The van der Waals surface area contributed by atoms with Gasteiger partial charge in [-0.05, 0) is 43.8 Å². The van der Waals surface area contributed by atoms with Crippen LogP contribution in [0.4, 0.5) is 4.39 Å². The summed E-state index contributed by atoms with van der Waals surface area (Å²) in [5.74, 6) is 0.885. The van der Waals surface area contributed by atoms with E-state index in [4.69, 9.17) is 9.15 Å². The number of hydrogen-bond acceptors (Lipinski definition) is 5. The third-order valence-electron chi connectivity index (χ3n) is 4.13. The largest absolute Gasteiger partial charge is 0.494 e. The molecule has 0 spiro atoms.